The quantitative estimate of drug-likeness (QED) is 0.483. The van der Waals surface area contributed by atoms with Crippen LogP contribution in [0.2, 0.25) is 0 Å². The fraction of sp³-hybridized carbons (Fsp3) is 0.542. The maximum atomic E-state index is 13.3. The van der Waals surface area contributed by atoms with Gasteiger partial charge in [0.1, 0.15) is 18.2 Å². The van der Waals surface area contributed by atoms with Crippen LogP contribution in [0, 0.1) is 0 Å². The summed E-state index contributed by atoms with van der Waals surface area (Å²) in [6, 6.07) is 6.09. The lowest BCUT2D eigenvalue weighted by Gasteiger charge is -2.32. The van der Waals surface area contributed by atoms with Crippen molar-refractivity contribution in [3.8, 4) is 0 Å². The van der Waals surface area contributed by atoms with Crippen molar-refractivity contribution >= 4 is 24.0 Å². The van der Waals surface area contributed by atoms with Crippen molar-refractivity contribution in [2.45, 2.75) is 65.1 Å². The second-order valence-corrected chi connectivity index (χ2v) is 8.64. The Morgan fingerprint density at radius 3 is 2.53 bits per heavy atom. The average Bonchev–Trinajstić information content (AvgIpc) is 2.70. The fourth-order valence-electron chi connectivity index (χ4n) is 3.22. The molecule has 2 atom stereocenters. The molecule has 8 nitrogen and oxygen atoms in total. The molecule has 0 aliphatic heterocycles. The highest BCUT2D eigenvalue weighted by Gasteiger charge is 2.32. The summed E-state index contributed by atoms with van der Waals surface area (Å²) in [6.07, 6.45) is 2.61. The van der Waals surface area contributed by atoms with E-state index in [0.717, 1.165) is 18.4 Å². The molecule has 1 rings (SSSR count). The third-order valence-electron chi connectivity index (χ3n) is 4.58. The van der Waals surface area contributed by atoms with Crippen molar-refractivity contribution in [3.05, 3.63) is 42.0 Å². The van der Waals surface area contributed by atoms with Gasteiger partial charge in [-0.25, -0.2) is 4.79 Å². The Bertz CT molecular complexity index is 788. The van der Waals surface area contributed by atoms with E-state index in [1.807, 2.05) is 19.9 Å². The van der Waals surface area contributed by atoms with E-state index >= 15 is 0 Å². The number of aliphatic hydroxyl groups is 1. The molecule has 0 aliphatic carbocycles. The Morgan fingerprint density at radius 1 is 1.28 bits per heavy atom. The Labute approximate surface area is 191 Å². The molecule has 8 heteroatoms. The number of nitrogens with zero attached hydrogens (tertiary/aromatic N) is 1. The Hall–Kier alpha value is -2.87. The van der Waals surface area contributed by atoms with Crippen molar-refractivity contribution < 1.29 is 24.2 Å². The smallest absolute Gasteiger partial charge is 0.408 e. The van der Waals surface area contributed by atoms with Crippen molar-refractivity contribution in [1.29, 1.82) is 0 Å². The number of ether oxygens (including phenoxy) is 1. The van der Waals surface area contributed by atoms with Crippen molar-refractivity contribution in [3.63, 3.8) is 0 Å². The van der Waals surface area contributed by atoms with Crippen LogP contribution in [0.25, 0.3) is 6.08 Å². The predicted octanol–water partition coefficient (Wildman–Crippen LogP) is 3.02. The molecular formula is C24H37N3O5. The van der Waals surface area contributed by atoms with Gasteiger partial charge >= 0.3 is 6.09 Å². The van der Waals surface area contributed by atoms with Crippen LogP contribution >= 0.6 is 0 Å². The number of nitrogens with one attached hydrogen (secondary N) is 2. The summed E-state index contributed by atoms with van der Waals surface area (Å²) in [5.41, 5.74) is 0.675. The van der Waals surface area contributed by atoms with E-state index in [2.05, 4.69) is 17.2 Å². The van der Waals surface area contributed by atoms with E-state index in [-0.39, 0.29) is 31.6 Å². The standard InChI is InChI=1S/C24H37N3O5/c1-7-10-17(3)26-22(30)21(19-12-9-11-18(8-2)15-19)27(13-14-28)20(29)16-25-23(31)32-24(4,5)6/h8-9,11-12,15,17,21,28H,2,7,10,13-14,16H2,1,3-6H3,(H,25,31)(H,26,30). The third kappa shape index (κ3) is 9.09. The zero-order valence-electron chi connectivity index (χ0n) is 19.8. The van der Waals surface area contributed by atoms with Crippen LogP contribution in [0.4, 0.5) is 4.79 Å². The first-order valence-corrected chi connectivity index (χ1v) is 10.9. The molecule has 1 aromatic carbocycles. The number of amides is 3. The molecule has 0 saturated heterocycles. The summed E-state index contributed by atoms with van der Waals surface area (Å²) >= 11 is 0. The molecular weight excluding hydrogens is 410 g/mol. The number of rotatable bonds is 11. The van der Waals surface area contributed by atoms with Gasteiger partial charge in [0, 0.05) is 12.6 Å². The maximum absolute atomic E-state index is 13.3. The van der Waals surface area contributed by atoms with Gasteiger partial charge < -0.3 is 25.4 Å². The van der Waals surface area contributed by atoms with Gasteiger partial charge in [0.2, 0.25) is 11.8 Å². The second kappa shape index (κ2) is 12.9. The monoisotopic (exact) mass is 447 g/mol. The minimum absolute atomic E-state index is 0.0760. The number of hydrogen-bond acceptors (Lipinski definition) is 5. The first-order chi connectivity index (χ1) is 15.0. The number of carbonyl (C=O) groups is 3. The minimum Gasteiger partial charge on any atom is -0.444 e. The molecule has 0 bridgehead atoms. The lowest BCUT2D eigenvalue weighted by atomic mass is 10.0. The average molecular weight is 448 g/mol. The molecule has 0 saturated carbocycles. The zero-order chi connectivity index (χ0) is 24.3. The topological polar surface area (TPSA) is 108 Å². The molecule has 0 aromatic heterocycles. The second-order valence-electron chi connectivity index (χ2n) is 8.64. The highest BCUT2D eigenvalue weighted by Crippen LogP contribution is 2.23. The SMILES string of the molecule is C=Cc1cccc(C(C(=O)NC(C)CCC)N(CCO)C(=O)CNC(=O)OC(C)(C)C)c1. The highest BCUT2D eigenvalue weighted by molar-refractivity contribution is 5.90. The van der Waals surface area contributed by atoms with E-state index in [1.54, 1.807) is 45.0 Å². The molecule has 2 unspecified atom stereocenters. The van der Waals surface area contributed by atoms with Gasteiger partial charge in [-0.15, -0.1) is 0 Å². The molecule has 0 radical (unpaired) electrons. The van der Waals surface area contributed by atoms with Gasteiger partial charge in [-0.3, -0.25) is 9.59 Å². The molecule has 0 aliphatic rings. The molecule has 3 N–H and O–H groups in total. The number of hydrogen-bond donors (Lipinski definition) is 3. The summed E-state index contributed by atoms with van der Waals surface area (Å²) in [6.45, 7) is 12.1. The van der Waals surface area contributed by atoms with Gasteiger partial charge in [-0.1, -0.05) is 44.2 Å². The van der Waals surface area contributed by atoms with Crippen LogP contribution in [0.5, 0.6) is 0 Å². The van der Waals surface area contributed by atoms with Crippen LogP contribution < -0.4 is 10.6 Å². The predicted molar refractivity (Wildman–Crippen MR) is 125 cm³/mol. The lowest BCUT2D eigenvalue weighted by molar-refractivity contribution is -0.141. The van der Waals surface area contributed by atoms with Crippen LogP contribution in [-0.4, -0.2) is 59.3 Å². The van der Waals surface area contributed by atoms with Crippen molar-refractivity contribution in [2.75, 3.05) is 19.7 Å². The summed E-state index contributed by atoms with van der Waals surface area (Å²) in [4.78, 5) is 39.5. The van der Waals surface area contributed by atoms with Crippen LogP contribution in [-0.2, 0) is 14.3 Å². The molecule has 0 spiro atoms. The summed E-state index contributed by atoms with van der Waals surface area (Å²) in [5, 5.41) is 15.0. The van der Waals surface area contributed by atoms with Gasteiger partial charge in [0.15, 0.2) is 0 Å². The fourth-order valence-corrected chi connectivity index (χ4v) is 3.22. The van der Waals surface area contributed by atoms with Crippen LogP contribution in [0.3, 0.4) is 0 Å². The van der Waals surface area contributed by atoms with E-state index in [4.69, 9.17) is 4.74 Å². The normalized spacial score (nSPS) is 12.9. The maximum Gasteiger partial charge on any atom is 0.408 e. The number of carbonyl (C=O) groups excluding carboxylic acids is 3. The van der Waals surface area contributed by atoms with Gasteiger partial charge in [-0.2, -0.15) is 0 Å². The van der Waals surface area contributed by atoms with E-state index in [9.17, 15) is 19.5 Å². The summed E-state index contributed by atoms with van der Waals surface area (Å²) in [7, 11) is 0. The minimum atomic E-state index is -0.978. The summed E-state index contributed by atoms with van der Waals surface area (Å²) in [5.74, 6) is -0.872. The van der Waals surface area contributed by atoms with Crippen LogP contribution in [0.15, 0.2) is 30.8 Å². The Morgan fingerprint density at radius 2 is 1.97 bits per heavy atom. The molecule has 1 aromatic rings. The van der Waals surface area contributed by atoms with E-state index < -0.39 is 23.6 Å². The summed E-state index contributed by atoms with van der Waals surface area (Å²) < 4.78 is 5.17. The van der Waals surface area contributed by atoms with Crippen molar-refractivity contribution in [1.82, 2.24) is 15.5 Å². The van der Waals surface area contributed by atoms with E-state index in [1.165, 1.54) is 4.90 Å². The van der Waals surface area contributed by atoms with Gasteiger partial charge in [0.25, 0.3) is 0 Å². The van der Waals surface area contributed by atoms with Gasteiger partial charge in [0.05, 0.1) is 6.61 Å². The largest absolute Gasteiger partial charge is 0.444 e. The van der Waals surface area contributed by atoms with Crippen molar-refractivity contribution in [2.24, 2.45) is 0 Å². The third-order valence-corrected chi connectivity index (χ3v) is 4.58. The Balaban J connectivity index is 3.19. The highest BCUT2D eigenvalue weighted by atomic mass is 16.6. The first kappa shape index (κ1) is 27.2. The molecule has 0 heterocycles. The Kier molecular flexibility index (Phi) is 10.9. The number of alkyl carbamates (subject to hydrolysis) is 1. The number of aliphatic hydroxyl groups excluding tert-OH is 1. The van der Waals surface area contributed by atoms with Gasteiger partial charge in [-0.05, 0) is 51.3 Å². The molecule has 0 fully saturated rings. The lowest BCUT2D eigenvalue weighted by Crippen LogP contribution is -2.50. The first-order valence-electron chi connectivity index (χ1n) is 10.9. The van der Waals surface area contributed by atoms with Crippen LogP contribution in [0.1, 0.15) is 64.6 Å². The zero-order valence-corrected chi connectivity index (χ0v) is 19.8. The molecule has 3 amide bonds. The van der Waals surface area contributed by atoms with E-state index in [0.29, 0.717) is 5.56 Å². The molecule has 32 heavy (non-hydrogen) atoms. The molecule has 178 valence electrons. The number of benzene rings is 1.